The quantitative estimate of drug-likeness (QED) is 0.585. The predicted octanol–water partition coefficient (Wildman–Crippen LogP) is 0.776. The zero-order valence-electron chi connectivity index (χ0n) is 8.52. The summed E-state index contributed by atoms with van der Waals surface area (Å²) in [6.07, 6.45) is 1.51. The molecular weight excluding hydrogens is 194 g/mol. The van der Waals surface area contributed by atoms with Crippen LogP contribution in [0.4, 0.5) is 0 Å². The Morgan fingerprint density at radius 1 is 1.33 bits per heavy atom. The van der Waals surface area contributed by atoms with Gasteiger partial charge in [-0.2, -0.15) is 5.10 Å². The van der Waals surface area contributed by atoms with Crippen LogP contribution in [-0.4, -0.2) is 22.4 Å². The van der Waals surface area contributed by atoms with Crippen LogP contribution < -0.4 is 5.43 Å². The summed E-state index contributed by atoms with van der Waals surface area (Å²) in [5.41, 5.74) is 2.76. The Morgan fingerprint density at radius 2 is 2.07 bits per heavy atom. The highest BCUT2D eigenvalue weighted by Gasteiger charge is 2.05. The molecule has 5 nitrogen and oxygen atoms in total. The summed E-state index contributed by atoms with van der Waals surface area (Å²) in [5, 5.41) is 3.63. The number of aromatic nitrogens is 1. The van der Waals surface area contributed by atoms with Gasteiger partial charge in [-0.1, -0.05) is 6.07 Å². The maximum Gasteiger partial charge on any atom is 0.289 e. The summed E-state index contributed by atoms with van der Waals surface area (Å²) in [5.74, 6) is -0.618. The Balaban J connectivity index is 2.66. The van der Waals surface area contributed by atoms with Crippen molar-refractivity contribution in [3.63, 3.8) is 0 Å². The molecule has 0 spiro atoms. The van der Waals surface area contributed by atoms with Crippen LogP contribution in [0.25, 0.3) is 0 Å². The predicted molar refractivity (Wildman–Crippen MR) is 55.5 cm³/mol. The highest BCUT2D eigenvalue weighted by Crippen LogP contribution is 1.92. The molecule has 0 atom stereocenters. The number of ketones is 1. The molecule has 1 rings (SSSR count). The maximum atomic E-state index is 11.4. The first-order chi connectivity index (χ1) is 7.11. The highest BCUT2D eigenvalue weighted by molar-refractivity contribution is 6.38. The molecule has 78 valence electrons. The number of hydrogen-bond acceptors (Lipinski definition) is 4. The van der Waals surface area contributed by atoms with Crippen molar-refractivity contribution < 1.29 is 9.59 Å². The second-order valence-electron chi connectivity index (χ2n) is 2.91. The van der Waals surface area contributed by atoms with Crippen LogP contribution in [0.5, 0.6) is 0 Å². The molecule has 1 aromatic heterocycles. The van der Waals surface area contributed by atoms with E-state index in [0.717, 1.165) is 0 Å². The first kappa shape index (κ1) is 11.0. The van der Waals surface area contributed by atoms with E-state index in [1.54, 1.807) is 18.2 Å². The first-order valence-corrected chi connectivity index (χ1v) is 4.38. The van der Waals surface area contributed by atoms with E-state index in [9.17, 15) is 9.59 Å². The number of carbonyl (C=O) groups is 2. The lowest BCUT2D eigenvalue weighted by atomic mass is 10.3. The smallest absolute Gasteiger partial charge is 0.289 e. The third kappa shape index (κ3) is 3.30. The summed E-state index contributed by atoms with van der Waals surface area (Å²) < 4.78 is 0. The maximum absolute atomic E-state index is 11.4. The molecule has 1 aromatic rings. The van der Waals surface area contributed by atoms with Crippen molar-refractivity contribution in [3.05, 3.63) is 30.1 Å². The van der Waals surface area contributed by atoms with Crippen molar-refractivity contribution >= 4 is 17.4 Å². The number of nitrogens with zero attached hydrogens (tertiary/aromatic N) is 2. The molecule has 0 aliphatic carbocycles. The lowest BCUT2D eigenvalue weighted by Crippen LogP contribution is -2.21. The molecule has 0 saturated carbocycles. The number of amides is 1. The van der Waals surface area contributed by atoms with Crippen LogP contribution in [-0.2, 0) is 4.79 Å². The van der Waals surface area contributed by atoms with Crippen LogP contribution >= 0.6 is 0 Å². The average Bonchev–Trinajstić information content (AvgIpc) is 2.26. The van der Waals surface area contributed by atoms with Gasteiger partial charge in [-0.05, 0) is 19.1 Å². The molecule has 0 aliphatic rings. The van der Waals surface area contributed by atoms with Gasteiger partial charge in [0.05, 0.1) is 0 Å². The van der Waals surface area contributed by atoms with Crippen LogP contribution in [0.1, 0.15) is 24.3 Å². The Bertz CT molecular complexity index is 398. The molecule has 1 heterocycles. The summed E-state index contributed by atoms with van der Waals surface area (Å²) in [4.78, 5) is 26.0. The largest absolute Gasteiger partial charge is 0.293 e. The van der Waals surface area contributed by atoms with Crippen molar-refractivity contribution in [2.45, 2.75) is 13.8 Å². The summed E-state index contributed by atoms with van der Waals surface area (Å²) in [6.45, 7) is 2.91. The van der Waals surface area contributed by atoms with Gasteiger partial charge in [0.15, 0.2) is 5.78 Å². The van der Waals surface area contributed by atoms with Crippen molar-refractivity contribution in [2.75, 3.05) is 0 Å². The lowest BCUT2D eigenvalue weighted by Gasteiger charge is -1.99. The van der Waals surface area contributed by atoms with Gasteiger partial charge < -0.3 is 0 Å². The number of Topliss-reactive ketones (excluding diaryl/α,β-unsaturated/α-hetero) is 1. The molecule has 0 aliphatic heterocycles. The van der Waals surface area contributed by atoms with Gasteiger partial charge in [0.1, 0.15) is 11.4 Å². The third-order valence-electron chi connectivity index (χ3n) is 1.73. The van der Waals surface area contributed by atoms with Gasteiger partial charge >= 0.3 is 0 Å². The fraction of sp³-hybridized carbons (Fsp3) is 0.200. The monoisotopic (exact) mass is 205 g/mol. The Labute approximate surface area is 87.2 Å². The van der Waals surface area contributed by atoms with Crippen LogP contribution in [0, 0.1) is 0 Å². The van der Waals surface area contributed by atoms with Crippen molar-refractivity contribution in [1.29, 1.82) is 0 Å². The van der Waals surface area contributed by atoms with Crippen molar-refractivity contribution in [2.24, 2.45) is 5.10 Å². The summed E-state index contributed by atoms with van der Waals surface area (Å²) in [6, 6.07) is 4.97. The molecular formula is C10H11N3O2. The van der Waals surface area contributed by atoms with E-state index in [1.165, 1.54) is 20.0 Å². The zero-order valence-corrected chi connectivity index (χ0v) is 8.52. The molecule has 5 heteroatoms. The minimum Gasteiger partial charge on any atom is -0.293 e. The molecule has 0 radical (unpaired) electrons. The van der Waals surface area contributed by atoms with Gasteiger partial charge in [0.25, 0.3) is 5.91 Å². The van der Waals surface area contributed by atoms with Crippen LogP contribution in [0.3, 0.4) is 0 Å². The fourth-order valence-electron chi connectivity index (χ4n) is 0.768. The number of carbonyl (C=O) groups excluding carboxylic acids is 2. The first-order valence-electron chi connectivity index (χ1n) is 4.38. The molecule has 0 saturated heterocycles. The standard InChI is InChI=1S/C10H11N3O2/c1-7(8(2)14)12-13-10(15)9-5-3-4-6-11-9/h3-6H,1-2H3,(H,13,15)/b12-7+. The summed E-state index contributed by atoms with van der Waals surface area (Å²) in [7, 11) is 0. The minimum atomic E-state index is -0.434. The number of nitrogens with one attached hydrogen (secondary N) is 1. The van der Waals surface area contributed by atoms with Crippen LogP contribution in [0.15, 0.2) is 29.5 Å². The number of pyridine rings is 1. The Kier molecular flexibility index (Phi) is 3.68. The van der Waals surface area contributed by atoms with E-state index >= 15 is 0 Å². The highest BCUT2D eigenvalue weighted by atomic mass is 16.2. The van der Waals surface area contributed by atoms with E-state index in [4.69, 9.17) is 0 Å². The number of rotatable bonds is 3. The van der Waals surface area contributed by atoms with Crippen LogP contribution in [0.2, 0.25) is 0 Å². The van der Waals surface area contributed by atoms with E-state index in [1.807, 2.05) is 0 Å². The molecule has 15 heavy (non-hydrogen) atoms. The Hall–Kier alpha value is -2.04. The van der Waals surface area contributed by atoms with E-state index in [-0.39, 0.29) is 17.2 Å². The molecule has 0 aromatic carbocycles. The molecule has 1 amide bonds. The third-order valence-corrected chi connectivity index (χ3v) is 1.73. The van der Waals surface area contributed by atoms with Gasteiger partial charge in [-0.25, -0.2) is 5.43 Å². The van der Waals surface area contributed by atoms with Crippen molar-refractivity contribution in [1.82, 2.24) is 10.4 Å². The SMILES string of the molecule is CC(=O)/C(C)=N/NC(=O)c1ccccn1. The fourth-order valence-corrected chi connectivity index (χ4v) is 0.768. The van der Waals surface area contributed by atoms with Gasteiger partial charge in [-0.15, -0.1) is 0 Å². The molecule has 0 fully saturated rings. The Morgan fingerprint density at radius 3 is 2.60 bits per heavy atom. The van der Waals surface area contributed by atoms with E-state index < -0.39 is 5.91 Å². The number of hydrogen-bond donors (Lipinski definition) is 1. The lowest BCUT2D eigenvalue weighted by molar-refractivity contribution is -0.111. The zero-order chi connectivity index (χ0) is 11.3. The minimum absolute atomic E-state index is 0.184. The topological polar surface area (TPSA) is 71.4 Å². The van der Waals surface area contributed by atoms with E-state index in [2.05, 4.69) is 15.5 Å². The normalized spacial score (nSPS) is 10.9. The second kappa shape index (κ2) is 4.99. The molecule has 1 N–H and O–H groups in total. The van der Waals surface area contributed by atoms with Gasteiger partial charge in [0, 0.05) is 13.1 Å². The van der Waals surface area contributed by atoms with Gasteiger partial charge in [-0.3, -0.25) is 14.6 Å². The molecule has 0 unspecified atom stereocenters. The average molecular weight is 205 g/mol. The van der Waals surface area contributed by atoms with Crippen molar-refractivity contribution in [3.8, 4) is 0 Å². The van der Waals surface area contributed by atoms with Gasteiger partial charge in [0.2, 0.25) is 0 Å². The second-order valence-corrected chi connectivity index (χ2v) is 2.91. The summed E-state index contributed by atoms with van der Waals surface area (Å²) >= 11 is 0. The number of hydrazone groups is 1. The molecule has 0 bridgehead atoms. The van der Waals surface area contributed by atoms with E-state index in [0.29, 0.717) is 0 Å².